The van der Waals surface area contributed by atoms with Crippen LogP contribution < -0.4 is 10.6 Å². The van der Waals surface area contributed by atoms with Gasteiger partial charge in [-0.2, -0.15) is 0 Å². The summed E-state index contributed by atoms with van der Waals surface area (Å²) in [7, 11) is 0. The highest BCUT2D eigenvalue weighted by atomic mass is 32.1. The van der Waals surface area contributed by atoms with Crippen LogP contribution in [0.25, 0.3) is 0 Å². The van der Waals surface area contributed by atoms with Gasteiger partial charge in [-0.15, -0.1) is 11.3 Å². The zero-order valence-electron chi connectivity index (χ0n) is 15.3. The number of nitrogens with one attached hydrogen (secondary N) is 2. The fourth-order valence-electron chi connectivity index (χ4n) is 2.71. The maximum absolute atomic E-state index is 13.6. The summed E-state index contributed by atoms with van der Waals surface area (Å²) in [6, 6.07) is 15.7. The van der Waals surface area contributed by atoms with Crippen LogP contribution in [0.1, 0.15) is 29.8 Å². The number of anilines is 1. The van der Waals surface area contributed by atoms with Gasteiger partial charge in [0.2, 0.25) is 11.8 Å². The number of carbonyl (C=O) groups excluding carboxylic acids is 2. The van der Waals surface area contributed by atoms with Crippen LogP contribution in [-0.4, -0.2) is 16.8 Å². The van der Waals surface area contributed by atoms with E-state index in [9.17, 15) is 14.0 Å². The van der Waals surface area contributed by atoms with Gasteiger partial charge in [-0.05, 0) is 24.1 Å². The monoisotopic (exact) mass is 397 g/mol. The van der Waals surface area contributed by atoms with E-state index in [1.165, 1.54) is 17.4 Å². The number of rotatable bonds is 7. The summed E-state index contributed by atoms with van der Waals surface area (Å²) >= 11 is 1.23. The standard InChI is InChI=1S/C21H20FN3O2S/c1-14(15-7-3-2-4-8-15)23-20(27)12-17-13-28-21(24-17)25-19(26)11-16-9-5-6-10-18(16)22/h2-10,13-14H,11-12H2,1H3,(H,23,27)(H,24,25,26). The lowest BCUT2D eigenvalue weighted by Crippen LogP contribution is -2.28. The molecule has 3 aromatic rings. The first kappa shape index (κ1) is 19.7. The summed E-state index contributed by atoms with van der Waals surface area (Å²) in [5, 5.41) is 7.70. The third-order valence-corrected chi connectivity index (χ3v) is 4.93. The Hall–Kier alpha value is -3.06. The lowest BCUT2D eigenvalue weighted by atomic mass is 10.1. The van der Waals surface area contributed by atoms with Crippen molar-refractivity contribution in [3.8, 4) is 0 Å². The molecule has 5 nitrogen and oxygen atoms in total. The van der Waals surface area contributed by atoms with Crippen molar-refractivity contribution in [2.45, 2.75) is 25.8 Å². The molecule has 0 spiro atoms. The van der Waals surface area contributed by atoms with Crippen molar-refractivity contribution in [3.63, 3.8) is 0 Å². The Bertz CT molecular complexity index is 959. The van der Waals surface area contributed by atoms with Crippen LogP contribution in [0.15, 0.2) is 60.0 Å². The largest absolute Gasteiger partial charge is 0.349 e. The third-order valence-electron chi connectivity index (χ3n) is 4.13. The normalized spacial score (nSPS) is 11.6. The van der Waals surface area contributed by atoms with Crippen molar-refractivity contribution in [2.75, 3.05) is 5.32 Å². The van der Waals surface area contributed by atoms with Gasteiger partial charge in [-0.1, -0.05) is 48.5 Å². The van der Waals surface area contributed by atoms with Gasteiger partial charge in [0.1, 0.15) is 5.82 Å². The molecule has 0 aliphatic heterocycles. The minimum atomic E-state index is -0.415. The average Bonchev–Trinajstić information content (AvgIpc) is 3.10. The van der Waals surface area contributed by atoms with Gasteiger partial charge in [0.15, 0.2) is 5.13 Å². The molecule has 0 saturated heterocycles. The zero-order chi connectivity index (χ0) is 19.9. The van der Waals surface area contributed by atoms with Crippen LogP contribution in [-0.2, 0) is 22.4 Å². The molecule has 0 fully saturated rings. The molecule has 0 aliphatic rings. The lowest BCUT2D eigenvalue weighted by Gasteiger charge is -2.13. The molecule has 144 valence electrons. The molecule has 0 radical (unpaired) electrons. The van der Waals surface area contributed by atoms with Crippen molar-refractivity contribution < 1.29 is 14.0 Å². The molecule has 1 heterocycles. The smallest absolute Gasteiger partial charge is 0.230 e. The Balaban J connectivity index is 1.51. The van der Waals surface area contributed by atoms with Gasteiger partial charge in [-0.25, -0.2) is 9.37 Å². The molecule has 7 heteroatoms. The van der Waals surface area contributed by atoms with Gasteiger partial charge in [0.05, 0.1) is 24.6 Å². The summed E-state index contributed by atoms with van der Waals surface area (Å²) in [5.74, 6) is -0.916. The van der Waals surface area contributed by atoms with Crippen LogP contribution in [0.3, 0.4) is 0 Å². The zero-order valence-corrected chi connectivity index (χ0v) is 16.1. The van der Waals surface area contributed by atoms with E-state index in [2.05, 4.69) is 15.6 Å². The number of thiazole rings is 1. The first-order valence-electron chi connectivity index (χ1n) is 8.83. The second-order valence-corrected chi connectivity index (χ2v) is 7.20. The maximum atomic E-state index is 13.6. The lowest BCUT2D eigenvalue weighted by molar-refractivity contribution is -0.121. The molecule has 0 aliphatic carbocycles. The number of aromatic nitrogens is 1. The predicted molar refractivity (Wildman–Crippen MR) is 108 cm³/mol. The van der Waals surface area contributed by atoms with Crippen molar-refractivity contribution in [1.82, 2.24) is 10.3 Å². The van der Waals surface area contributed by atoms with Crippen molar-refractivity contribution in [1.29, 1.82) is 0 Å². The first-order valence-corrected chi connectivity index (χ1v) is 9.71. The second-order valence-electron chi connectivity index (χ2n) is 6.34. The highest BCUT2D eigenvalue weighted by Crippen LogP contribution is 2.17. The van der Waals surface area contributed by atoms with Crippen molar-refractivity contribution >= 4 is 28.3 Å². The molecule has 0 saturated carbocycles. The molecular weight excluding hydrogens is 377 g/mol. The topological polar surface area (TPSA) is 71.1 Å². The van der Waals surface area contributed by atoms with Gasteiger partial charge in [0, 0.05) is 5.38 Å². The number of hydrogen-bond acceptors (Lipinski definition) is 4. The van der Waals surface area contributed by atoms with Crippen molar-refractivity contribution in [3.05, 3.63) is 82.6 Å². The Morgan fingerprint density at radius 1 is 1.04 bits per heavy atom. The fraction of sp³-hybridized carbons (Fsp3) is 0.190. The molecule has 2 amide bonds. The van der Waals surface area contributed by atoms with Gasteiger partial charge in [-0.3, -0.25) is 9.59 Å². The predicted octanol–water partition coefficient (Wildman–Crippen LogP) is 3.88. The van der Waals surface area contributed by atoms with Crippen molar-refractivity contribution in [2.24, 2.45) is 0 Å². The number of carbonyl (C=O) groups is 2. The quantitative estimate of drug-likeness (QED) is 0.636. The maximum Gasteiger partial charge on any atom is 0.230 e. The highest BCUT2D eigenvalue weighted by Gasteiger charge is 2.14. The number of amides is 2. The molecule has 3 rings (SSSR count). The summed E-state index contributed by atoms with van der Waals surface area (Å²) in [6.07, 6.45) is 0.0491. The summed E-state index contributed by atoms with van der Waals surface area (Å²) in [4.78, 5) is 28.6. The summed E-state index contributed by atoms with van der Waals surface area (Å²) < 4.78 is 13.6. The molecule has 2 N–H and O–H groups in total. The molecular formula is C21H20FN3O2S. The summed E-state index contributed by atoms with van der Waals surface area (Å²) in [6.45, 7) is 1.92. The minimum absolute atomic E-state index is 0.0728. The first-order chi connectivity index (χ1) is 13.5. The van der Waals surface area contributed by atoms with Gasteiger partial charge >= 0.3 is 0 Å². The van der Waals surface area contributed by atoms with Gasteiger partial charge in [0.25, 0.3) is 0 Å². The van der Waals surface area contributed by atoms with E-state index in [0.29, 0.717) is 16.4 Å². The van der Waals surface area contributed by atoms with E-state index in [1.54, 1.807) is 23.6 Å². The number of hydrogen-bond donors (Lipinski definition) is 2. The molecule has 1 aromatic heterocycles. The Morgan fingerprint density at radius 2 is 1.75 bits per heavy atom. The highest BCUT2D eigenvalue weighted by molar-refractivity contribution is 7.13. The van der Waals surface area contributed by atoms with Gasteiger partial charge < -0.3 is 10.6 Å². The van der Waals surface area contributed by atoms with E-state index < -0.39 is 5.82 Å². The summed E-state index contributed by atoms with van der Waals surface area (Å²) in [5.41, 5.74) is 1.92. The molecule has 1 atom stereocenters. The van der Waals surface area contributed by atoms with Crippen LogP contribution in [0, 0.1) is 5.82 Å². The van der Waals surface area contributed by atoms with E-state index in [0.717, 1.165) is 5.56 Å². The number of benzene rings is 2. The SMILES string of the molecule is CC(NC(=O)Cc1csc(NC(=O)Cc2ccccc2F)n1)c1ccccc1. The van der Waals surface area contributed by atoms with Crippen LogP contribution in [0.2, 0.25) is 0 Å². The van der Waals surface area contributed by atoms with Crippen LogP contribution in [0.4, 0.5) is 9.52 Å². The number of halogens is 1. The Morgan fingerprint density at radius 3 is 2.50 bits per heavy atom. The van der Waals surface area contributed by atoms with E-state index >= 15 is 0 Å². The molecule has 0 bridgehead atoms. The Labute approximate surface area is 166 Å². The second kappa shape index (κ2) is 9.23. The van der Waals surface area contributed by atoms with E-state index in [4.69, 9.17) is 0 Å². The fourth-order valence-corrected chi connectivity index (χ4v) is 3.43. The average molecular weight is 397 g/mol. The third kappa shape index (κ3) is 5.47. The molecule has 1 unspecified atom stereocenters. The van der Waals surface area contributed by atoms with E-state index in [1.807, 2.05) is 37.3 Å². The van der Waals surface area contributed by atoms with Crippen LogP contribution in [0.5, 0.6) is 0 Å². The number of nitrogens with zero attached hydrogens (tertiary/aromatic N) is 1. The van der Waals surface area contributed by atoms with E-state index in [-0.39, 0.29) is 30.7 Å². The molecule has 2 aromatic carbocycles. The van der Waals surface area contributed by atoms with Crippen LogP contribution >= 0.6 is 11.3 Å². The Kier molecular flexibility index (Phi) is 6.49. The minimum Gasteiger partial charge on any atom is -0.349 e. The molecule has 28 heavy (non-hydrogen) atoms.